The van der Waals surface area contributed by atoms with Crippen LogP contribution in [0.5, 0.6) is 0 Å². The van der Waals surface area contributed by atoms with Crippen LogP contribution in [0.2, 0.25) is 0 Å². The van der Waals surface area contributed by atoms with Crippen molar-refractivity contribution in [2.75, 3.05) is 38.2 Å². The van der Waals surface area contributed by atoms with Gasteiger partial charge in [0.05, 0.1) is 6.61 Å². The Hall–Kier alpha value is -1.39. The van der Waals surface area contributed by atoms with E-state index >= 15 is 0 Å². The van der Waals surface area contributed by atoms with Gasteiger partial charge in [-0.2, -0.15) is 0 Å². The number of Topliss-reactive ketones (excluding diaryl/α,β-unsaturated/α-hetero) is 1. The van der Waals surface area contributed by atoms with E-state index in [0.29, 0.717) is 6.04 Å². The van der Waals surface area contributed by atoms with Gasteiger partial charge in [0.1, 0.15) is 0 Å². The minimum absolute atomic E-state index is 0.105. The van der Waals surface area contributed by atoms with Gasteiger partial charge in [0, 0.05) is 36.9 Å². The molecule has 19 heavy (non-hydrogen) atoms. The third-order valence-corrected chi connectivity index (χ3v) is 3.88. The van der Waals surface area contributed by atoms with Gasteiger partial charge in [0.15, 0.2) is 5.78 Å². The number of carbonyl (C=O) groups excluding carboxylic acids is 1. The molecule has 4 heteroatoms. The Labute approximate surface area is 114 Å². The fraction of sp³-hybridized carbons (Fsp3) is 0.533. The van der Waals surface area contributed by atoms with Crippen molar-refractivity contribution in [1.29, 1.82) is 0 Å². The molecule has 4 nitrogen and oxygen atoms in total. The smallest absolute Gasteiger partial charge is 0.159 e. The Balaban J connectivity index is 1.98. The summed E-state index contributed by atoms with van der Waals surface area (Å²) >= 11 is 0. The van der Waals surface area contributed by atoms with E-state index < -0.39 is 0 Å². The van der Waals surface area contributed by atoms with Gasteiger partial charge in [-0.05, 0) is 44.7 Å². The molecule has 1 heterocycles. The van der Waals surface area contributed by atoms with Gasteiger partial charge in [-0.3, -0.25) is 9.69 Å². The second-order valence-corrected chi connectivity index (χ2v) is 5.20. The van der Waals surface area contributed by atoms with Gasteiger partial charge in [-0.25, -0.2) is 0 Å². The van der Waals surface area contributed by atoms with Crippen molar-refractivity contribution in [3.05, 3.63) is 29.8 Å². The summed E-state index contributed by atoms with van der Waals surface area (Å²) in [5.41, 5.74) is 1.93. The molecular weight excluding hydrogens is 240 g/mol. The first-order valence-electron chi connectivity index (χ1n) is 6.79. The van der Waals surface area contributed by atoms with Gasteiger partial charge >= 0.3 is 0 Å². The normalized spacial score (nSPS) is 19.2. The Kier molecular flexibility index (Phi) is 4.56. The van der Waals surface area contributed by atoms with Gasteiger partial charge in [-0.1, -0.05) is 0 Å². The zero-order valence-electron chi connectivity index (χ0n) is 11.7. The Bertz CT molecular complexity index is 430. The van der Waals surface area contributed by atoms with Crippen LogP contribution in [0.1, 0.15) is 23.7 Å². The quantitative estimate of drug-likeness (QED) is 0.815. The van der Waals surface area contributed by atoms with E-state index in [9.17, 15) is 4.79 Å². The summed E-state index contributed by atoms with van der Waals surface area (Å²) in [6, 6.07) is 8.32. The lowest BCUT2D eigenvalue weighted by Gasteiger charge is -2.24. The summed E-state index contributed by atoms with van der Waals surface area (Å²) in [7, 11) is 2.06. The second kappa shape index (κ2) is 6.17. The number of carbonyl (C=O) groups is 1. The molecule has 1 saturated heterocycles. The number of anilines is 1. The summed E-state index contributed by atoms with van der Waals surface area (Å²) < 4.78 is 0. The lowest BCUT2D eigenvalue weighted by atomic mass is 10.1. The second-order valence-electron chi connectivity index (χ2n) is 5.20. The average molecular weight is 262 g/mol. The molecule has 1 N–H and O–H groups in total. The van der Waals surface area contributed by atoms with Crippen molar-refractivity contribution in [2.45, 2.75) is 19.4 Å². The number of aliphatic hydroxyl groups excluding tert-OH is 1. The van der Waals surface area contributed by atoms with Crippen LogP contribution in [0, 0.1) is 0 Å². The topological polar surface area (TPSA) is 43.8 Å². The average Bonchev–Trinajstić information content (AvgIpc) is 2.89. The van der Waals surface area contributed by atoms with Crippen molar-refractivity contribution >= 4 is 11.5 Å². The van der Waals surface area contributed by atoms with Crippen molar-refractivity contribution < 1.29 is 9.90 Å². The fourth-order valence-corrected chi connectivity index (χ4v) is 2.58. The minimum atomic E-state index is 0.105. The van der Waals surface area contributed by atoms with Crippen molar-refractivity contribution in [3.8, 4) is 0 Å². The van der Waals surface area contributed by atoms with Crippen LogP contribution in [0.3, 0.4) is 0 Å². The van der Waals surface area contributed by atoms with E-state index in [-0.39, 0.29) is 12.4 Å². The number of benzene rings is 1. The molecule has 1 unspecified atom stereocenters. The SMILES string of the molecule is CC(=O)c1ccc(N2CCC(N(C)CCO)C2)cc1. The van der Waals surface area contributed by atoms with Gasteiger partial charge in [0.25, 0.3) is 0 Å². The Morgan fingerprint density at radius 3 is 2.68 bits per heavy atom. The number of likely N-dealkylation sites (N-methyl/N-ethyl adjacent to an activating group) is 1. The van der Waals surface area contributed by atoms with Crippen LogP contribution in [0.15, 0.2) is 24.3 Å². The van der Waals surface area contributed by atoms with Crippen LogP contribution in [-0.2, 0) is 0 Å². The van der Waals surface area contributed by atoms with Crippen LogP contribution in [-0.4, -0.2) is 55.1 Å². The predicted molar refractivity (Wildman–Crippen MR) is 76.8 cm³/mol. The molecule has 0 radical (unpaired) electrons. The van der Waals surface area contributed by atoms with Crippen molar-refractivity contribution in [2.24, 2.45) is 0 Å². The molecular formula is C15H22N2O2. The van der Waals surface area contributed by atoms with Crippen molar-refractivity contribution in [3.63, 3.8) is 0 Å². The van der Waals surface area contributed by atoms with Gasteiger partial charge < -0.3 is 10.0 Å². The van der Waals surface area contributed by atoms with Crippen LogP contribution >= 0.6 is 0 Å². The van der Waals surface area contributed by atoms with E-state index in [4.69, 9.17) is 5.11 Å². The predicted octanol–water partition coefficient (Wildman–Crippen LogP) is 1.39. The van der Waals surface area contributed by atoms with Crippen LogP contribution in [0.25, 0.3) is 0 Å². The third kappa shape index (κ3) is 3.33. The zero-order chi connectivity index (χ0) is 13.8. The van der Waals surface area contributed by atoms with E-state index in [2.05, 4.69) is 16.8 Å². The number of hydrogen-bond donors (Lipinski definition) is 1. The summed E-state index contributed by atoms with van der Waals surface area (Å²) in [5, 5.41) is 8.98. The highest BCUT2D eigenvalue weighted by Gasteiger charge is 2.25. The minimum Gasteiger partial charge on any atom is -0.395 e. The zero-order valence-corrected chi connectivity index (χ0v) is 11.7. The number of aliphatic hydroxyl groups is 1. The van der Waals surface area contributed by atoms with E-state index in [1.165, 1.54) is 5.69 Å². The highest BCUT2D eigenvalue weighted by Crippen LogP contribution is 2.23. The van der Waals surface area contributed by atoms with Gasteiger partial charge in [-0.15, -0.1) is 0 Å². The summed E-state index contributed by atoms with van der Waals surface area (Å²) in [6.45, 7) is 4.53. The first-order valence-corrected chi connectivity index (χ1v) is 6.79. The number of hydrogen-bond acceptors (Lipinski definition) is 4. The maximum absolute atomic E-state index is 11.2. The third-order valence-electron chi connectivity index (χ3n) is 3.88. The van der Waals surface area contributed by atoms with E-state index in [1.807, 2.05) is 24.3 Å². The highest BCUT2D eigenvalue weighted by atomic mass is 16.3. The molecule has 2 rings (SSSR count). The Morgan fingerprint density at radius 1 is 1.42 bits per heavy atom. The number of rotatable bonds is 5. The molecule has 1 aliphatic heterocycles. The lowest BCUT2D eigenvalue weighted by Crippen LogP contribution is -2.36. The van der Waals surface area contributed by atoms with Crippen molar-refractivity contribution in [1.82, 2.24) is 4.90 Å². The molecule has 1 fully saturated rings. The Morgan fingerprint density at radius 2 is 2.11 bits per heavy atom. The lowest BCUT2D eigenvalue weighted by molar-refractivity contribution is 0.101. The maximum atomic E-state index is 11.2. The van der Waals surface area contributed by atoms with E-state index in [0.717, 1.165) is 31.6 Å². The maximum Gasteiger partial charge on any atom is 0.159 e. The largest absolute Gasteiger partial charge is 0.395 e. The molecule has 1 atom stereocenters. The molecule has 1 aromatic rings. The first kappa shape index (κ1) is 14.0. The standard InChI is InChI=1S/C15H22N2O2/c1-12(19)13-3-5-14(6-4-13)17-8-7-15(11-17)16(2)9-10-18/h3-6,15,18H,7-11H2,1-2H3. The monoisotopic (exact) mass is 262 g/mol. The molecule has 0 amide bonds. The van der Waals surface area contributed by atoms with Crippen LogP contribution < -0.4 is 4.90 Å². The number of nitrogens with zero attached hydrogens (tertiary/aromatic N) is 2. The molecule has 0 spiro atoms. The molecule has 1 aromatic carbocycles. The summed E-state index contributed by atoms with van der Waals surface area (Å²) in [6.07, 6.45) is 1.12. The molecule has 0 saturated carbocycles. The fourth-order valence-electron chi connectivity index (χ4n) is 2.58. The molecule has 0 aromatic heterocycles. The van der Waals surface area contributed by atoms with Crippen LogP contribution in [0.4, 0.5) is 5.69 Å². The molecule has 0 bridgehead atoms. The molecule has 0 aliphatic carbocycles. The summed E-state index contributed by atoms with van der Waals surface area (Å²) in [4.78, 5) is 15.8. The van der Waals surface area contributed by atoms with E-state index in [1.54, 1.807) is 6.92 Å². The first-order chi connectivity index (χ1) is 9.11. The van der Waals surface area contributed by atoms with Gasteiger partial charge in [0.2, 0.25) is 0 Å². The highest BCUT2D eigenvalue weighted by molar-refractivity contribution is 5.94. The molecule has 1 aliphatic rings. The molecule has 104 valence electrons. The summed E-state index contributed by atoms with van der Waals surface area (Å²) in [5.74, 6) is 0.105. The number of ketones is 1.